The molecule has 3 aromatic rings. The summed E-state index contributed by atoms with van der Waals surface area (Å²) in [4.78, 5) is 8.59. The number of hydrogen-bond acceptors (Lipinski definition) is 7. The van der Waals surface area contributed by atoms with Crippen LogP contribution in [0.25, 0.3) is 0 Å². The Morgan fingerprint density at radius 3 is 2.70 bits per heavy atom. The second kappa shape index (κ2) is 10.3. The highest BCUT2D eigenvalue weighted by Crippen LogP contribution is 2.32. The van der Waals surface area contributed by atoms with Crippen molar-refractivity contribution in [1.29, 1.82) is 0 Å². The molecular formula is C25H28N6O2. The third kappa shape index (κ3) is 5.21. The van der Waals surface area contributed by atoms with E-state index < -0.39 is 0 Å². The number of aliphatic imine (C=N–C) groups is 1. The van der Waals surface area contributed by atoms with Crippen LogP contribution in [0.15, 0.2) is 47.5 Å². The number of nitrogens with zero attached hydrogens (tertiary/aromatic N) is 6. The van der Waals surface area contributed by atoms with E-state index in [1.165, 1.54) is 5.56 Å². The number of terminal acetylenes is 1. The van der Waals surface area contributed by atoms with Crippen LogP contribution in [0.3, 0.4) is 0 Å². The lowest BCUT2D eigenvalue weighted by Gasteiger charge is -2.29. The molecule has 8 heteroatoms. The van der Waals surface area contributed by atoms with Crippen molar-refractivity contribution in [2.24, 2.45) is 4.99 Å². The van der Waals surface area contributed by atoms with Gasteiger partial charge in [0, 0.05) is 23.9 Å². The first-order valence-corrected chi connectivity index (χ1v) is 10.9. The maximum absolute atomic E-state index is 5.69. The smallest absolute Gasteiger partial charge is 0.194 e. The predicted octanol–water partition coefficient (Wildman–Crippen LogP) is 3.27. The molecule has 0 unspecified atom stereocenters. The highest BCUT2D eigenvalue weighted by Gasteiger charge is 2.23. The monoisotopic (exact) mass is 444 g/mol. The molecule has 2 aromatic carbocycles. The minimum absolute atomic E-state index is 0.215. The molecule has 8 nitrogen and oxygen atoms in total. The van der Waals surface area contributed by atoms with Gasteiger partial charge in [-0.15, -0.1) is 16.6 Å². The standard InChI is InChI=1S/C25H28N6O2/c1-5-13-33-21-10-11-23-22(15-21)25(20-8-6-19(7-9-20)18(2)3)26-17-30(23)16-24-27-29-31(28-24)12-14-32-4/h1,6-11,15,18H,12-14,16-17H2,2-4H3. The number of tetrazole rings is 1. The molecule has 0 saturated heterocycles. The largest absolute Gasteiger partial charge is 0.481 e. The average molecular weight is 445 g/mol. The van der Waals surface area contributed by atoms with E-state index in [1.54, 1.807) is 11.9 Å². The van der Waals surface area contributed by atoms with Crippen molar-refractivity contribution < 1.29 is 9.47 Å². The van der Waals surface area contributed by atoms with Crippen LogP contribution in [0.2, 0.25) is 0 Å². The third-order valence-electron chi connectivity index (χ3n) is 5.46. The number of benzene rings is 2. The molecule has 33 heavy (non-hydrogen) atoms. The molecule has 0 atom stereocenters. The maximum atomic E-state index is 5.69. The highest BCUT2D eigenvalue weighted by atomic mass is 16.5. The summed E-state index contributed by atoms with van der Waals surface area (Å²) in [5.41, 5.74) is 5.32. The Balaban J connectivity index is 1.64. The number of methoxy groups -OCH3 is 1. The molecule has 0 aliphatic carbocycles. The second-order valence-electron chi connectivity index (χ2n) is 8.09. The molecule has 0 fully saturated rings. The van der Waals surface area contributed by atoms with Crippen molar-refractivity contribution in [2.75, 3.05) is 31.9 Å². The van der Waals surface area contributed by atoms with E-state index in [9.17, 15) is 0 Å². The first kappa shape index (κ1) is 22.5. The van der Waals surface area contributed by atoms with Gasteiger partial charge in [0.15, 0.2) is 5.82 Å². The number of anilines is 1. The Kier molecular flexibility index (Phi) is 7.01. The summed E-state index contributed by atoms with van der Waals surface area (Å²) in [7, 11) is 1.65. The molecule has 0 bridgehead atoms. The molecule has 4 rings (SSSR count). The normalized spacial score (nSPS) is 12.9. The van der Waals surface area contributed by atoms with Crippen molar-refractivity contribution >= 4 is 11.4 Å². The average Bonchev–Trinajstić information content (AvgIpc) is 3.28. The van der Waals surface area contributed by atoms with Crippen LogP contribution in [0.4, 0.5) is 5.69 Å². The van der Waals surface area contributed by atoms with Crippen molar-refractivity contribution in [3.05, 3.63) is 65.0 Å². The van der Waals surface area contributed by atoms with Crippen LogP contribution in [0.5, 0.6) is 5.75 Å². The van der Waals surface area contributed by atoms with Crippen molar-refractivity contribution in [3.8, 4) is 18.1 Å². The molecule has 2 heterocycles. The van der Waals surface area contributed by atoms with Gasteiger partial charge in [-0.05, 0) is 34.9 Å². The van der Waals surface area contributed by atoms with Gasteiger partial charge in [-0.3, -0.25) is 4.99 Å². The zero-order valence-corrected chi connectivity index (χ0v) is 19.2. The molecule has 0 radical (unpaired) electrons. The maximum Gasteiger partial charge on any atom is 0.194 e. The van der Waals surface area contributed by atoms with E-state index >= 15 is 0 Å². The zero-order valence-electron chi connectivity index (χ0n) is 19.2. The molecule has 0 saturated carbocycles. The Bertz CT molecular complexity index is 1160. The summed E-state index contributed by atoms with van der Waals surface area (Å²) in [6.45, 7) is 6.67. The van der Waals surface area contributed by atoms with E-state index in [1.807, 2.05) is 18.2 Å². The van der Waals surface area contributed by atoms with E-state index in [0.29, 0.717) is 43.9 Å². The van der Waals surface area contributed by atoms with Gasteiger partial charge < -0.3 is 14.4 Å². The summed E-state index contributed by atoms with van der Waals surface area (Å²) in [6.07, 6.45) is 5.37. The molecular weight excluding hydrogens is 416 g/mol. The lowest BCUT2D eigenvalue weighted by atomic mass is 9.95. The molecule has 0 amide bonds. The number of ether oxygens (including phenoxy) is 2. The molecule has 1 aliphatic heterocycles. The molecule has 1 aromatic heterocycles. The van der Waals surface area contributed by atoms with Crippen LogP contribution in [0, 0.1) is 12.3 Å². The Morgan fingerprint density at radius 2 is 1.97 bits per heavy atom. The SMILES string of the molecule is C#CCOc1ccc2c(c1)C(c1ccc(C(C)C)cc1)=NCN2Cc1nnn(CCOC)n1. The lowest BCUT2D eigenvalue weighted by Crippen LogP contribution is -2.30. The zero-order chi connectivity index (χ0) is 23.2. The van der Waals surface area contributed by atoms with Crippen LogP contribution in [-0.4, -0.2) is 52.9 Å². The van der Waals surface area contributed by atoms with E-state index in [0.717, 1.165) is 22.5 Å². The summed E-state index contributed by atoms with van der Waals surface area (Å²) >= 11 is 0. The fourth-order valence-electron chi connectivity index (χ4n) is 3.70. The number of rotatable bonds is 9. The van der Waals surface area contributed by atoms with Gasteiger partial charge in [-0.2, -0.15) is 4.80 Å². The Labute approximate surface area is 194 Å². The molecule has 1 aliphatic rings. The van der Waals surface area contributed by atoms with E-state index in [2.05, 4.69) is 64.3 Å². The van der Waals surface area contributed by atoms with Gasteiger partial charge in [0.05, 0.1) is 25.4 Å². The topological polar surface area (TPSA) is 77.7 Å². The fourth-order valence-corrected chi connectivity index (χ4v) is 3.70. The minimum Gasteiger partial charge on any atom is -0.481 e. The molecule has 0 N–H and O–H groups in total. The van der Waals surface area contributed by atoms with E-state index in [-0.39, 0.29) is 6.61 Å². The summed E-state index contributed by atoms with van der Waals surface area (Å²) in [5.74, 6) is 4.33. The van der Waals surface area contributed by atoms with Crippen LogP contribution in [-0.2, 0) is 17.8 Å². The van der Waals surface area contributed by atoms with Gasteiger partial charge in [0.1, 0.15) is 19.0 Å². The van der Waals surface area contributed by atoms with Gasteiger partial charge in [0.25, 0.3) is 0 Å². The van der Waals surface area contributed by atoms with Gasteiger partial charge in [-0.1, -0.05) is 44.0 Å². The number of fused-ring (bicyclic) bond motifs is 1. The van der Waals surface area contributed by atoms with Crippen molar-refractivity contribution in [3.63, 3.8) is 0 Å². The lowest BCUT2D eigenvalue weighted by molar-refractivity contribution is 0.178. The van der Waals surface area contributed by atoms with Gasteiger partial charge in [0.2, 0.25) is 0 Å². The summed E-state index contributed by atoms with van der Waals surface area (Å²) < 4.78 is 10.8. The van der Waals surface area contributed by atoms with Crippen LogP contribution >= 0.6 is 0 Å². The number of aromatic nitrogens is 4. The predicted molar refractivity (Wildman–Crippen MR) is 128 cm³/mol. The highest BCUT2D eigenvalue weighted by molar-refractivity contribution is 6.17. The van der Waals surface area contributed by atoms with Crippen LogP contribution < -0.4 is 9.64 Å². The Morgan fingerprint density at radius 1 is 1.15 bits per heavy atom. The number of hydrogen-bond donors (Lipinski definition) is 0. The second-order valence-corrected chi connectivity index (χ2v) is 8.09. The quantitative estimate of drug-likeness (QED) is 0.472. The Hall–Kier alpha value is -3.70. The summed E-state index contributed by atoms with van der Waals surface area (Å²) in [6, 6.07) is 14.5. The fraction of sp³-hybridized carbons (Fsp3) is 0.360. The van der Waals surface area contributed by atoms with Gasteiger partial charge >= 0.3 is 0 Å². The molecule has 170 valence electrons. The molecule has 0 spiro atoms. The minimum atomic E-state index is 0.215. The first-order valence-electron chi connectivity index (χ1n) is 10.9. The summed E-state index contributed by atoms with van der Waals surface area (Å²) in [5, 5.41) is 12.7. The third-order valence-corrected chi connectivity index (χ3v) is 5.46. The van der Waals surface area contributed by atoms with Crippen LogP contribution in [0.1, 0.15) is 42.3 Å². The van der Waals surface area contributed by atoms with Gasteiger partial charge in [-0.25, -0.2) is 0 Å². The van der Waals surface area contributed by atoms with E-state index in [4.69, 9.17) is 20.9 Å². The van der Waals surface area contributed by atoms with Crippen molar-refractivity contribution in [2.45, 2.75) is 32.9 Å². The first-order chi connectivity index (χ1) is 16.1. The van der Waals surface area contributed by atoms with Crippen molar-refractivity contribution in [1.82, 2.24) is 20.2 Å².